The maximum Gasteiger partial charge on any atom is 0.188 e. The first-order chi connectivity index (χ1) is 7.69. The summed E-state index contributed by atoms with van der Waals surface area (Å²) in [4.78, 5) is 3.84. The van der Waals surface area contributed by atoms with Crippen molar-refractivity contribution in [3.63, 3.8) is 0 Å². The lowest BCUT2D eigenvalue weighted by Gasteiger charge is -2.31. The summed E-state index contributed by atoms with van der Waals surface area (Å²) in [6.07, 6.45) is 0. The Bertz CT molecular complexity index is 361. The van der Waals surface area contributed by atoms with Crippen LogP contribution in [-0.2, 0) is 6.54 Å². The molecule has 17 heavy (non-hydrogen) atoms. The van der Waals surface area contributed by atoms with Crippen molar-refractivity contribution >= 4 is 39.7 Å². The van der Waals surface area contributed by atoms with Crippen LogP contribution in [0.15, 0.2) is 10.5 Å². The van der Waals surface area contributed by atoms with Crippen LogP contribution in [0.2, 0.25) is 0 Å². The highest BCUT2D eigenvalue weighted by Crippen LogP contribution is 2.35. The molecule has 1 atom stereocenters. The number of nitrogens with zero attached hydrogens (tertiary/aromatic N) is 1. The van der Waals surface area contributed by atoms with Crippen LogP contribution in [-0.4, -0.2) is 37.7 Å². The van der Waals surface area contributed by atoms with Crippen molar-refractivity contribution in [3.05, 3.63) is 15.4 Å². The molecule has 98 valence electrons. The van der Waals surface area contributed by atoms with E-state index in [0.717, 1.165) is 35.7 Å². The molecule has 1 aliphatic rings. The summed E-state index contributed by atoms with van der Waals surface area (Å²) < 4.78 is 6.34. The maximum atomic E-state index is 5.28. The van der Waals surface area contributed by atoms with E-state index in [0.29, 0.717) is 6.04 Å². The number of hydrogen-bond donors (Lipinski definition) is 1. The van der Waals surface area contributed by atoms with Crippen LogP contribution in [0.1, 0.15) is 11.8 Å². The standard InChI is InChI=1S/C11H17BrN2OS.ClH/c1-8-6-14(4-3-13-8)7-9-5-10(12)11(15-2)16-9;/h5,8,13H,3-4,6-7H2,1-2H3;1H/t8-;/m0./s1. The van der Waals surface area contributed by atoms with Gasteiger partial charge in [0.1, 0.15) is 0 Å². The first kappa shape index (κ1) is 15.2. The fourth-order valence-electron chi connectivity index (χ4n) is 1.99. The van der Waals surface area contributed by atoms with Gasteiger partial charge in [0.05, 0.1) is 11.6 Å². The van der Waals surface area contributed by atoms with E-state index >= 15 is 0 Å². The lowest BCUT2D eigenvalue weighted by Crippen LogP contribution is -2.48. The van der Waals surface area contributed by atoms with Gasteiger partial charge in [0.25, 0.3) is 0 Å². The number of piperazine rings is 1. The molecule has 0 unspecified atom stereocenters. The molecular formula is C11H18BrClN2OS. The molecule has 0 aliphatic carbocycles. The van der Waals surface area contributed by atoms with Crippen LogP contribution in [0.4, 0.5) is 0 Å². The normalized spacial score (nSPS) is 21.0. The Morgan fingerprint density at radius 1 is 1.65 bits per heavy atom. The second-order valence-electron chi connectivity index (χ2n) is 4.14. The zero-order chi connectivity index (χ0) is 11.5. The minimum Gasteiger partial charge on any atom is -0.486 e. The molecule has 3 nitrogen and oxygen atoms in total. The fourth-order valence-corrected chi connectivity index (χ4v) is 3.73. The van der Waals surface area contributed by atoms with Crippen molar-refractivity contribution in [1.82, 2.24) is 10.2 Å². The van der Waals surface area contributed by atoms with E-state index in [1.807, 2.05) is 0 Å². The van der Waals surface area contributed by atoms with Crippen LogP contribution in [0.3, 0.4) is 0 Å². The Morgan fingerprint density at radius 3 is 3.00 bits per heavy atom. The highest BCUT2D eigenvalue weighted by atomic mass is 79.9. The molecule has 1 aromatic heterocycles. The third-order valence-electron chi connectivity index (χ3n) is 2.72. The second-order valence-corrected chi connectivity index (χ2v) is 6.10. The van der Waals surface area contributed by atoms with Crippen molar-refractivity contribution in [2.45, 2.75) is 19.5 Å². The summed E-state index contributed by atoms with van der Waals surface area (Å²) in [5.41, 5.74) is 0. The van der Waals surface area contributed by atoms with E-state index in [9.17, 15) is 0 Å². The van der Waals surface area contributed by atoms with Crippen molar-refractivity contribution in [1.29, 1.82) is 0 Å². The molecule has 1 aromatic rings. The Hall–Kier alpha value is 0.190. The van der Waals surface area contributed by atoms with E-state index in [-0.39, 0.29) is 12.4 Å². The molecule has 0 aromatic carbocycles. The van der Waals surface area contributed by atoms with Gasteiger partial charge in [-0.2, -0.15) is 0 Å². The minimum atomic E-state index is 0. The number of hydrogen-bond acceptors (Lipinski definition) is 4. The zero-order valence-corrected chi connectivity index (χ0v) is 13.3. The molecular weight excluding hydrogens is 324 g/mol. The highest BCUT2D eigenvalue weighted by Gasteiger charge is 2.17. The molecule has 1 aliphatic heterocycles. The predicted molar refractivity (Wildman–Crippen MR) is 78.6 cm³/mol. The minimum absolute atomic E-state index is 0. The lowest BCUT2D eigenvalue weighted by atomic mass is 10.2. The first-order valence-corrected chi connectivity index (χ1v) is 7.08. The smallest absolute Gasteiger partial charge is 0.188 e. The maximum absolute atomic E-state index is 5.28. The van der Waals surface area contributed by atoms with Crippen LogP contribution >= 0.6 is 39.7 Å². The molecule has 0 spiro atoms. The van der Waals surface area contributed by atoms with Gasteiger partial charge in [-0.15, -0.1) is 23.7 Å². The average Bonchev–Trinajstić information content (AvgIpc) is 2.58. The number of ether oxygens (including phenoxy) is 1. The summed E-state index contributed by atoms with van der Waals surface area (Å²) in [5.74, 6) is 0. The van der Waals surface area contributed by atoms with Crippen LogP contribution in [0.25, 0.3) is 0 Å². The van der Waals surface area contributed by atoms with E-state index in [1.165, 1.54) is 4.88 Å². The number of nitrogens with one attached hydrogen (secondary N) is 1. The van der Waals surface area contributed by atoms with Crippen LogP contribution in [0, 0.1) is 0 Å². The molecule has 1 saturated heterocycles. The molecule has 0 saturated carbocycles. The van der Waals surface area contributed by atoms with Gasteiger partial charge in [-0.3, -0.25) is 4.90 Å². The summed E-state index contributed by atoms with van der Waals surface area (Å²) in [6, 6.07) is 2.76. The average molecular weight is 342 g/mol. The second kappa shape index (κ2) is 6.95. The molecule has 2 heterocycles. The number of thiophene rings is 1. The molecule has 0 radical (unpaired) electrons. The van der Waals surface area contributed by atoms with Gasteiger partial charge in [0.15, 0.2) is 5.06 Å². The van der Waals surface area contributed by atoms with Gasteiger partial charge < -0.3 is 10.1 Å². The Kier molecular flexibility index (Phi) is 6.23. The van der Waals surface area contributed by atoms with Gasteiger partial charge in [-0.25, -0.2) is 0 Å². The van der Waals surface area contributed by atoms with Gasteiger partial charge in [-0.05, 0) is 28.9 Å². The van der Waals surface area contributed by atoms with Crippen LogP contribution in [0.5, 0.6) is 5.06 Å². The third kappa shape index (κ3) is 4.10. The molecule has 1 fully saturated rings. The van der Waals surface area contributed by atoms with Crippen LogP contribution < -0.4 is 10.1 Å². The van der Waals surface area contributed by atoms with Crippen molar-refractivity contribution < 1.29 is 4.74 Å². The monoisotopic (exact) mass is 340 g/mol. The number of rotatable bonds is 3. The highest BCUT2D eigenvalue weighted by molar-refractivity contribution is 9.10. The first-order valence-electron chi connectivity index (χ1n) is 5.47. The Balaban J connectivity index is 0.00000144. The molecule has 6 heteroatoms. The zero-order valence-electron chi connectivity index (χ0n) is 10.0. The van der Waals surface area contributed by atoms with E-state index in [2.05, 4.69) is 39.1 Å². The van der Waals surface area contributed by atoms with Gasteiger partial charge in [0.2, 0.25) is 0 Å². The topological polar surface area (TPSA) is 24.5 Å². The third-order valence-corrected chi connectivity index (χ3v) is 4.66. The summed E-state index contributed by atoms with van der Waals surface area (Å²) in [6.45, 7) is 6.60. The van der Waals surface area contributed by atoms with Crippen molar-refractivity contribution in [2.24, 2.45) is 0 Å². The van der Waals surface area contributed by atoms with Crippen molar-refractivity contribution in [3.8, 4) is 5.06 Å². The van der Waals surface area contributed by atoms with Crippen molar-refractivity contribution in [2.75, 3.05) is 26.7 Å². The van der Waals surface area contributed by atoms with E-state index < -0.39 is 0 Å². The van der Waals surface area contributed by atoms with E-state index in [1.54, 1.807) is 18.4 Å². The molecule has 0 bridgehead atoms. The van der Waals surface area contributed by atoms with Gasteiger partial charge in [-0.1, -0.05) is 0 Å². The summed E-state index contributed by atoms with van der Waals surface area (Å²) >= 11 is 5.23. The number of methoxy groups -OCH3 is 1. The molecule has 2 rings (SSSR count). The fraction of sp³-hybridized carbons (Fsp3) is 0.636. The lowest BCUT2D eigenvalue weighted by molar-refractivity contribution is 0.201. The quantitative estimate of drug-likeness (QED) is 0.915. The van der Waals surface area contributed by atoms with Gasteiger partial charge in [0, 0.05) is 37.1 Å². The molecule has 1 N–H and O–H groups in total. The SMILES string of the molecule is COc1sc(CN2CCN[C@@H](C)C2)cc1Br.Cl. The van der Waals surface area contributed by atoms with Gasteiger partial charge >= 0.3 is 0 Å². The summed E-state index contributed by atoms with van der Waals surface area (Å²) in [5, 5.41) is 4.42. The number of halogens is 2. The Morgan fingerprint density at radius 2 is 2.41 bits per heavy atom. The predicted octanol–water partition coefficient (Wildman–Crippen LogP) is 2.73. The Labute approximate surface area is 121 Å². The largest absolute Gasteiger partial charge is 0.486 e. The molecule has 0 amide bonds. The summed E-state index contributed by atoms with van der Waals surface area (Å²) in [7, 11) is 1.72. The van der Waals surface area contributed by atoms with E-state index in [4.69, 9.17) is 4.74 Å².